The average Bonchev–Trinajstić information content (AvgIpc) is 2.69. The van der Waals surface area contributed by atoms with E-state index >= 15 is 0 Å². The molecular weight excluding hydrogens is 240 g/mol. The summed E-state index contributed by atoms with van der Waals surface area (Å²) in [7, 11) is 1.63. The van der Waals surface area contributed by atoms with E-state index in [-0.39, 0.29) is 5.91 Å². The summed E-state index contributed by atoms with van der Waals surface area (Å²) in [6.45, 7) is 4.19. The van der Waals surface area contributed by atoms with Crippen molar-refractivity contribution in [3.05, 3.63) is 35.5 Å². The quantitative estimate of drug-likeness (QED) is 0.844. The smallest absolute Gasteiger partial charge is 0.275 e. The molecule has 1 heterocycles. The lowest BCUT2D eigenvalue weighted by Crippen LogP contribution is -2.24. The number of carbonyl (C=O) groups is 1. The number of benzene rings is 1. The molecule has 1 aliphatic heterocycles. The molecule has 2 rings (SSSR count). The molecule has 4 nitrogen and oxygen atoms in total. The second-order valence-electron chi connectivity index (χ2n) is 4.91. The number of nitrogens with one attached hydrogen (secondary N) is 1. The first-order valence-electron chi connectivity index (χ1n) is 6.33. The van der Waals surface area contributed by atoms with Gasteiger partial charge in [-0.2, -0.15) is 0 Å². The Hall–Kier alpha value is -2.10. The highest BCUT2D eigenvalue weighted by molar-refractivity contribution is 6.14. The Bertz CT molecular complexity index is 528. The van der Waals surface area contributed by atoms with Crippen molar-refractivity contribution < 1.29 is 9.53 Å². The van der Waals surface area contributed by atoms with Crippen LogP contribution in [0.3, 0.4) is 0 Å². The number of rotatable bonds is 4. The van der Waals surface area contributed by atoms with E-state index < -0.39 is 0 Å². The van der Waals surface area contributed by atoms with Gasteiger partial charge in [0.1, 0.15) is 17.3 Å². The van der Waals surface area contributed by atoms with Crippen LogP contribution in [0.15, 0.2) is 35.0 Å². The number of ether oxygens (including phenoxy) is 1. The molecule has 1 aromatic carbocycles. The van der Waals surface area contributed by atoms with Crippen LogP contribution in [0.5, 0.6) is 5.75 Å². The first-order chi connectivity index (χ1) is 9.08. The molecule has 0 unspecified atom stereocenters. The first kappa shape index (κ1) is 13.3. The lowest BCUT2D eigenvalue weighted by molar-refractivity contribution is -0.115. The van der Waals surface area contributed by atoms with Crippen LogP contribution in [0.2, 0.25) is 0 Å². The molecule has 100 valence electrons. The molecule has 4 heteroatoms. The Labute approximate surface area is 113 Å². The van der Waals surface area contributed by atoms with Gasteiger partial charge in [0.05, 0.1) is 7.11 Å². The third kappa shape index (κ3) is 3.44. The number of hydrogen-bond acceptors (Lipinski definition) is 3. The number of nitrogens with zero attached hydrogens (tertiary/aromatic N) is 1. The van der Waals surface area contributed by atoms with Crippen LogP contribution in [0, 0.1) is 5.92 Å². The fourth-order valence-electron chi connectivity index (χ4n) is 1.86. The number of amidine groups is 1. The highest BCUT2D eigenvalue weighted by Crippen LogP contribution is 2.17. The van der Waals surface area contributed by atoms with E-state index in [2.05, 4.69) is 24.2 Å². The van der Waals surface area contributed by atoms with Gasteiger partial charge in [0, 0.05) is 6.42 Å². The molecule has 0 saturated carbocycles. The van der Waals surface area contributed by atoms with Crippen LogP contribution in [-0.4, -0.2) is 18.9 Å². The van der Waals surface area contributed by atoms with Crippen molar-refractivity contribution in [3.63, 3.8) is 0 Å². The van der Waals surface area contributed by atoms with Crippen molar-refractivity contribution in [1.29, 1.82) is 0 Å². The molecule has 1 N–H and O–H groups in total. The normalized spacial score (nSPS) is 16.7. The fourth-order valence-corrected chi connectivity index (χ4v) is 1.86. The van der Waals surface area contributed by atoms with Gasteiger partial charge in [0.2, 0.25) is 0 Å². The maximum absolute atomic E-state index is 11.8. The minimum absolute atomic E-state index is 0.133. The summed E-state index contributed by atoms with van der Waals surface area (Å²) in [5.41, 5.74) is 1.39. The van der Waals surface area contributed by atoms with Crippen LogP contribution in [0.25, 0.3) is 6.08 Å². The van der Waals surface area contributed by atoms with Gasteiger partial charge in [-0.3, -0.25) is 4.79 Å². The Morgan fingerprint density at radius 3 is 2.58 bits per heavy atom. The molecule has 0 atom stereocenters. The van der Waals surface area contributed by atoms with E-state index in [1.165, 1.54) is 0 Å². The van der Waals surface area contributed by atoms with Crippen LogP contribution in [0.1, 0.15) is 25.8 Å². The van der Waals surface area contributed by atoms with Gasteiger partial charge < -0.3 is 10.1 Å². The second-order valence-corrected chi connectivity index (χ2v) is 4.91. The summed E-state index contributed by atoms with van der Waals surface area (Å²) in [4.78, 5) is 16.1. The first-order valence-corrected chi connectivity index (χ1v) is 6.33. The molecule has 1 amide bonds. The average molecular weight is 258 g/mol. The molecule has 0 aromatic heterocycles. The number of methoxy groups -OCH3 is 1. The Kier molecular flexibility index (Phi) is 4.00. The van der Waals surface area contributed by atoms with E-state index in [9.17, 15) is 4.79 Å². The predicted octanol–water partition coefficient (Wildman–Crippen LogP) is 2.61. The Morgan fingerprint density at radius 2 is 2.00 bits per heavy atom. The van der Waals surface area contributed by atoms with Crippen LogP contribution < -0.4 is 10.1 Å². The van der Waals surface area contributed by atoms with Gasteiger partial charge in [0.25, 0.3) is 5.91 Å². The van der Waals surface area contributed by atoms with E-state index in [0.717, 1.165) is 23.6 Å². The maximum atomic E-state index is 11.8. The van der Waals surface area contributed by atoms with Crippen LogP contribution >= 0.6 is 0 Å². The molecule has 0 aliphatic carbocycles. The highest BCUT2D eigenvalue weighted by atomic mass is 16.5. The maximum Gasteiger partial charge on any atom is 0.275 e. The highest BCUT2D eigenvalue weighted by Gasteiger charge is 2.20. The van der Waals surface area contributed by atoms with Gasteiger partial charge in [-0.1, -0.05) is 26.0 Å². The Morgan fingerprint density at radius 1 is 1.32 bits per heavy atom. The summed E-state index contributed by atoms with van der Waals surface area (Å²) in [6.07, 6.45) is 2.56. The zero-order valence-electron chi connectivity index (χ0n) is 11.4. The van der Waals surface area contributed by atoms with Crippen molar-refractivity contribution in [2.75, 3.05) is 7.11 Å². The van der Waals surface area contributed by atoms with E-state index in [4.69, 9.17) is 4.74 Å². The second kappa shape index (κ2) is 5.69. The third-order valence-corrected chi connectivity index (χ3v) is 2.77. The largest absolute Gasteiger partial charge is 0.497 e. The fraction of sp³-hybridized carbons (Fsp3) is 0.333. The summed E-state index contributed by atoms with van der Waals surface area (Å²) < 4.78 is 5.09. The lowest BCUT2D eigenvalue weighted by atomic mass is 10.1. The summed E-state index contributed by atoms with van der Waals surface area (Å²) >= 11 is 0. The van der Waals surface area contributed by atoms with Crippen LogP contribution in [0.4, 0.5) is 0 Å². The van der Waals surface area contributed by atoms with E-state index in [1.54, 1.807) is 13.2 Å². The molecule has 1 aromatic rings. The van der Waals surface area contributed by atoms with Crippen molar-refractivity contribution in [2.45, 2.75) is 20.3 Å². The molecule has 0 bridgehead atoms. The number of aliphatic imine (C=N–C) groups is 1. The minimum Gasteiger partial charge on any atom is -0.497 e. The van der Waals surface area contributed by atoms with Crippen molar-refractivity contribution in [3.8, 4) is 5.75 Å². The van der Waals surface area contributed by atoms with Crippen LogP contribution in [-0.2, 0) is 4.79 Å². The molecule has 0 spiro atoms. The molecule has 0 fully saturated rings. The summed E-state index contributed by atoms with van der Waals surface area (Å²) in [6, 6.07) is 7.51. The Balaban J connectivity index is 2.17. The van der Waals surface area contributed by atoms with Crippen molar-refractivity contribution in [2.24, 2.45) is 10.9 Å². The number of amides is 1. The van der Waals surface area contributed by atoms with Gasteiger partial charge in [-0.15, -0.1) is 0 Å². The molecule has 0 radical (unpaired) electrons. The predicted molar refractivity (Wildman–Crippen MR) is 76.0 cm³/mol. The van der Waals surface area contributed by atoms with Gasteiger partial charge in [0.15, 0.2) is 0 Å². The summed E-state index contributed by atoms with van der Waals surface area (Å²) in [5, 5.41) is 2.80. The van der Waals surface area contributed by atoms with Gasteiger partial charge >= 0.3 is 0 Å². The topological polar surface area (TPSA) is 50.7 Å². The number of carbonyl (C=O) groups excluding carboxylic acids is 1. The van der Waals surface area contributed by atoms with Gasteiger partial charge in [-0.25, -0.2) is 4.99 Å². The van der Waals surface area contributed by atoms with E-state index in [1.807, 2.05) is 24.3 Å². The standard InChI is InChI=1S/C15H18N2O2/c1-10(2)8-14-16-13(15(18)17-14)9-11-4-6-12(19-3)7-5-11/h4-7,9-10H,8H2,1-3H3,(H,16,17,18)/b13-9+. The van der Waals surface area contributed by atoms with Crippen molar-refractivity contribution in [1.82, 2.24) is 5.32 Å². The minimum atomic E-state index is -0.133. The van der Waals surface area contributed by atoms with Gasteiger partial charge in [-0.05, 0) is 29.7 Å². The third-order valence-electron chi connectivity index (χ3n) is 2.77. The van der Waals surface area contributed by atoms with Crippen molar-refractivity contribution >= 4 is 17.8 Å². The number of hydrogen-bond donors (Lipinski definition) is 1. The van der Waals surface area contributed by atoms with E-state index in [0.29, 0.717) is 11.6 Å². The molecule has 0 saturated heterocycles. The molecule has 19 heavy (non-hydrogen) atoms. The SMILES string of the molecule is COc1ccc(/C=C2/N=C(CC(C)C)NC2=O)cc1. The monoisotopic (exact) mass is 258 g/mol. The summed E-state index contributed by atoms with van der Waals surface area (Å²) in [5.74, 6) is 1.88. The molecular formula is C15H18N2O2. The zero-order valence-corrected chi connectivity index (χ0v) is 11.4. The molecule has 1 aliphatic rings. The lowest BCUT2D eigenvalue weighted by Gasteiger charge is -2.02. The zero-order chi connectivity index (χ0) is 13.8.